The normalized spacial score (nSPS) is 19.9. The summed E-state index contributed by atoms with van der Waals surface area (Å²) in [7, 11) is 12.5. The number of hydrogen-bond donors (Lipinski definition) is 1. The van der Waals surface area contributed by atoms with Gasteiger partial charge in [-0.25, -0.2) is 4.39 Å². The lowest BCUT2D eigenvalue weighted by atomic mass is 9.65. The van der Waals surface area contributed by atoms with Gasteiger partial charge in [0.1, 0.15) is 5.82 Å². The van der Waals surface area contributed by atoms with Crippen LogP contribution in [0.1, 0.15) is 11.1 Å². The second-order valence-corrected chi connectivity index (χ2v) is 8.37. The molecule has 0 saturated heterocycles. The summed E-state index contributed by atoms with van der Waals surface area (Å²) in [5.41, 5.74) is 2.60. The van der Waals surface area contributed by atoms with Crippen LogP contribution in [0.5, 0.6) is 0 Å². The Morgan fingerprint density at radius 1 is 1.17 bits per heavy atom. The molecule has 2 N–H and O–H groups in total. The molecule has 2 aromatic rings. The maximum atomic E-state index is 14.2. The Morgan fingerprint density at radius 3 is 2.41 bits per heavy atom. The van der Waals surface area contributed by atoms with Gasteiger partial charge in [0.25, 0.3) is 0 Å². The van der Waals surface area contributed by atoms with Gasteiger partial charge in [-0.05, 0) is 23.8 Å². The van der Waals surface area contributed by atoms with E-state index in [0.717, 1.165) is 12.1 Å². The van der Waals surface area contributed by atoms with E-state index >= 15 is 0 Å². The Hall–Kier alpha value is -2.39. The number of ether oxygens (including phenoxy) is 1. The summed E-state index contributed by atoms with van der Waals surface area (Å²) in [5, 5.41) is 0.0511. The molecule has 6 radical (unpaired) electrons. The average Bonchev–Trinajstić information content (AvgIpc) is 2.88. The van der Waals surface area contributed by atoms with Crippen molar-refractivity contribution in [3.05, 3.63) is 82.1 Å². The van der Waals surface area contributed by atoms with Crippen molar-refractivity contribution >= 4 is 51.0 Å². The van der Waals surface area contributed by atoms with Gasteiger partial charge >= 0.3 is 10.1 Å². The first-order valence-electron chi connectivity index (χ1n) is 7.95. The van der Waals surface area contributed by atoms with Gasteiger partial charge in [0.05, 0.1) is 20.2 Å². The molecule has 1 unspecified atom stereocenters. The van der Waals surface area contributed by atoms with Crippen LogP contribution in [-0.2, 0) is 33.9 Å². The molecule has 0 fully saturated rings. The molecule has 6 nitrogen and oxygen atoms in total. The van der Waals surface area contributed by atoms with Crippen LogP contribution in [0.4, 0.5) is 4.39 Å². The minimum Gasteiger partial charge on any atom is -0.467 e. The summed E-state index contributed by atoms with van der Waals surface area (Å²) in [6.07, 6.45) is 0. The molecular weight excluding hydrogens is 417 g/mol. The van der Waals surface area contributed by atoms with E-state index < -0.39 is 49.0 Å². The number of hydrogen-bond acceptors (Lipinski definition) is 6. The fourth-order valence-corrected chi connectivity index (χ4v) is 3.72. The predicted molar refractivity (Wildman–Crippen MR) is 106 cm³/mol. The van der Waals surface area contributed by atoms with Crippen LogP contribution in [0, 0.1) is 5.82 Å². The van der Waals surface area contributed by atoms with E-state index in [0.29, 0.717) is 0 Å². The number of Topliss-reactive ketones (excluding diaryl/α,β-unsaturated/α-hetero) is 1. The average molecular weight is 427 g/mol. The van der Waals surface area contributed by atoms with Gasteiger partial charge in [0.2, 0.25) is 17.4 Å². The van der Waals surface area contributed by atoms with Crippen molar-refractivity contribution in [2.24, 2.45) is 5.73 Å². The smallest absolute Gasteiger partial charge is 0.302 e. The Morgan fingerprint density at radius 2 is 1.79 bits per heavy atom. The van der Waals surface area contributed by atoms with Crippen molar-refractivity contribution < 1.29 is 26.5 Å². The highest BCUT2D eigenvalue weighted by atomic mass is 35.5. The van der Waals surface area contributed by atoms with Gasteiger partial charge in [-0.3, -0.25) is 4.79 Å². The quantitative estimate of drug-likeness (QED) is 0.566. The van der Waals surface area contributed by atoms with E-state index in [2.05, 4.69) is 0 Å². The molecule has 142 valence electrons. The summed E-state index contributed by atoms with van der Waals surface area (Å²) in [5.74, 6) is -3.96. The molecule has 0 saturated carbocycles. The molecule has 3 rings (SSSR count). The highest BCUT2D eigenvalue weighted by Gasteiger charge is 2.51. The van der Waals surface area contributed by atoms with E-state index in [4.69, 9.17) is 49.8 Å². The zero-order valence-corrected chi connectivity index (χ0v) is 16.2. The van der Waals surface area contributed by atoms with Crippen LogP contribution in [0.3, 0.4) is 0 Å². The molecule has 12 heteroatoms. The first-order chi connectivity index (χ1) is 13.4. The number of nitrogens with two attached hydrogens (primary N) is 1. The lowest BCUT2D eigenvalue weighted by Crippen LogP contribution is -2.40. The minimum absolute atomic E-state index is 0.0227. The van der Waals surface area contributed by atoms with Crippen LogP contribution in [0.2, 0.25) is 5.02 Å². The Labute approximate surface area is 175 Å². The van der Waals surface area contributed by atoms with E-state index in [1.165, 1.54) is 30.3 Å². The summed E-state index contributed by atoms with van der Waals surface area (Å²) >= 11 is 5.82. The van der Waals surface area contributed by atoms with Gasteiger partial charge in [-0.1, -0.05) is 41.9 Å². The van der Waals surface area contributed by atoms with Crippen molar-refractivity contribution in [3.8, 4) is 0 Å². The monoisotopic (exact) mass is 427 g/mol. The van der Waals surface area contributed by atoms with E-state index in [9.17, 15) is 17.6 Å². The third kappa shape index (κ3) is 3.53. The van der Waals surface area contributed by atoms with Crippen LogP contribution < -0.4 is 5.73 Å². The molecular formula is C17H10B3ClFNO5S. The topological polar surface area (TPSA) is 95.7 Å². The number of rotatable bonds is 5. The van der Waals surface area contributed by atoms with Crippen molar-refractivity contribution in [1.29, 1.82) is 0 Å². The van der Waals surface area contributed by atoms with Crippen molar-refractivity contribution in [2.75, 3.05) is 0 Å². The van der Waals surface area contributed by atoms with Gasteiger partial charge < -0.3 is 14.7 Å². The molecule has 1 heterocycles. The summed E-state index contributed by atoms with van der Waals surface area (Å²) in [4.78, 5) is 12.8. The Balaban J connectivity index is 1.97. The first-order valence-corrected chi connectivity index (χ1v) is 9.74. The molecule has 0 bridgehead atoms. The lowest BCUT2D eigenvalue weighted by Gasteiger charge is -2.26. The van der Waals surface area contributed by atoms with Crippen LogP contribution in [0.15, 0.2) is 60.2 Å². The predicted octanol–water partition coefficient (Wildman–Crippen LogP) is 1.02. The van der Waals surface area contributed by atoms with Crippen molar-refractivity contribution in [2.45, 2.75) is 10.0 Å². The fourth-order valence-electron chi connectivity index (χ4n) is 2.61. The lowest BCUT2D eigenvalue weighted by molar-refractivity contribution is -0.126. The maximum absolute atomic E-state index is 14.2. The molecule has 29 heavy (non-hydrogen) atoms. The fraction of sp³-hybridized carbons (Fsp3) is 0.118. The molecule has 0 aromatic heterocycles. The number of ketones is 1. The van der Waals surface area contributed by atoms with Crippen molar-refractivity contribution in [1.82, 2.24) is 0 Å². The molecule has 0 spiro atoms. The maximum Gasteiger partial charge on any atom is 0.302 e. The second-order valence-electron chi connectivity index (χ2n) is 6.18. The molecule has 0 amide bonds. The summed E-state index contributed by atoms with van der Waals surface area (Å²) in [6.45, 7) is 0. The zero-order valence-electron chi connectivity index (χ0n) is 14.6. The van der Waals surface area contributed by atoms with Gasteiger partial charge in [0, 0.05) is 10.6 Å². The molecule has 1 atom stereocenters. The van der Waals surface area contributed by atoms with Crippen LogP contribution in [0.25, 0.3) is 0 Å². The minimum atomic E-state index is -4.87. The molecule has 1 aliphatic rings. The third-order valence-electron chi connectivity index (χ3n) is 4.20. The van der Waals surface area contributed by atoms with Gasteiger partial charge in [0.15, 0.2) is 13.3 Å². The third-order valence-corrected chi connectivity index (χ3v) is 5.88. The standard InChI is InChI=1S/C17H10B3ClFNO5S/c18-16(11-8-10(21)6-7-12(11)22)14(24)13(15(23)27-16)28-29(25,26)17(19,20)9-4-2-1-3-5-9/h1-8H,23H2. The van der Waals surface area contributed by atoms with Gasteiger partial charge in [-0.2, -0.15) is 8.42 Å². The van der Waals surface area contributed by atoms with Crippen molar-refractivity contribution in [3.63, 3.8) is 0 Å². The molecule has 2 aromatic carbocycles. The zero-order chi connectivity index (χ0) is 21.6. The summed E-state index contributed by atoms with van der Waals surface area (Å²) < 4.78 is 46.9. The second kappa shape index (κ2) is 7.14. The highest BCUT2D eigenvalue weighted by molar-refractivity contribution is 7.90. The van der Waals surface area contributed by atoms with Crippen LogP contribution >= 0.6 is 11.6 Å². The highest BCUT2D eigenvalue weighted by Crippen LogP contribution is 2.39. The van der Waals surface area contributed by atoms with Gasteiger partial charge in [-0.15, -0.1) is 0 Å². The molecule has 0 aliphatic carbocycles. The number of halogens is 2. The summed E-state index contributed by atoms with van der Waals surface area (Å²) in [6, 6.07) is 10.5. The molecule has 1 aliphatic heterocycles. The largest absolute Gasteiger partial charge is 0.467 e. The van der Waals surface area contributed by atoms with E-state index in [1.807, 2.05) is 0 Å². The first kappa shape index (κ1) is 21.3. The number of benzene rings is 2. The Bertz CT molecular complexity index is 1130. The Kier molecular flexibility index (Phi) is 5.25. The van der Waals surface area contributed by atoms with E-state index in [-0.39, 0.29) is 10.6 Å². The number of carbonyl (C=O) groups excluding carboxylic acids is 1. The van der Waals surface area contributed by atoms with Crippen LogP contribution in [-0.4, -0.2) is 37.7 Å². The number of carbonyl (C=O) groups is 1. The SMILES string of the molecule is [B]C1(c2cc(Cl)ccc2F)OC(N)=C(OS(=O)(=O)C([B])([B])c2ccccc2)C1=O. The van der Waals surface area contributed by atoms with E-state index in [1.54, 1.807) is 6.07 Å².